The van der Waals surface area contributed by atoms with E-state index in [1.807, 2.05) is 50.2 Å². The molecule has 1 unspecified atom stereocenters. The van der Waals surface area contributed by atoms with Crippen LogP contribution in [0.1, 0.15) is 49.3 Å². The molecular formula is C30H31FO6. The number of ether oxygens (including phenoxy) is 2. The quantitative estimate of drug-likeness (QED) is 0.292. The number of rotatable bonds is 12. The van der Waals surface area contributed by atoms with Crippen LogP contribution in [-0.2, 0) is 16.2 Å². The number of Topliss-reactive ketones (excluding diaryl/α,β-unsaturated/α-hetero) is 1. The lowest BCUT2D eigenvalue weighted by Crippen LogP contribution is -2.14. The fraction of sp³-hybridized carbons (Fsp3) is 0.267. The molecule has 2 N–H and O–H groups in total. The van der Waals surface area contributed by atoms with E-state index in [1.165, 1.54) is 18.2 Å². The van der Waals surface area contributed by atoms with Crippen molar-refractivity contribution in [3.8, 4) is 22.6 Å². The number of aliphatic hydroxyl groups excluding tert-OH is 1. The molecule has 194 valence electrons. The molecule has 0 aliphatic carbocycles. The molecule has 0 aliphatic rings. The third-order valence-corrected chi connectivity index (χ3v) is 5.79. The number of ketones is 1. The number of aliphatic carboxylic acids is 1. The van der Waals surface area contributed by atoms with Crippen molar-refractivity contribution >= 4 is 17.8 Å². The average Bonchev–Trinajstić information content (AvgIpc) is 2.86. The van der Waals surface area contributed by atoms with Crippen LogP contribution in [0.4, 0.5) is 4.39 Å². The molecule has 3 aromatic carbocycles. The first-order valence-corrected chi connectivity index (χ1v) is 12.0. The van der Waals surface area contributed by atoms with Gasteiger partial charge >= 0.3 is 5.97 Å². The summed E-state index contributed by atoms with van der Waals surface area (Å²) in [7, 11) is 1.55. The second-order valence-electron chi connectivity index (χ2n) is 8.96. The van der Waals surface area contributed by atoms with Crippen molar-refractivity contribution in [2.45, 2.75) is 45.3 Å². The first-order valence-electron chi connectivity index (χ1n) is 12.0. The fourth-order valence-electron chi connectivity index (χ4n) is 4.01. The van der Waals surface area contributed by atoms with Crippen molar-refractivity contribution in [1.82, 2.24) is 0 Å². The highest BCUT2D eigenvalue weighted by Gasteiger charge is 2.22. The third kappa shape index (κ3) is 7.51. The molecule has 6 nitrogen and oxygen atoms in total. The average molecular weight is 507 g/mol. The Morgan fingerprint density at radius 2 is 1.73 bits per heavy atom. The molecule has 0 heterocycles. The van der Waals surface area contributed by atoms with Crippen LogP contribution < -0.4 is 9.47 Å². The zero-order valence-electron chi connectivity index (χ0n) is 21.1. The number of halogens is 1. The Bertz CT molecular complexity index is 1250. The molecule has 0 radical (unpaired) electrons. The molecule has 3 aromatic rings. The highest BCUT2D eigenvalue weighted by Crippen LogP contribution is 2.45. The van der Waals surface area contributed by atoms with Crippen LogP contribution in [0.5, 0.6) is 11.5 Å². The normalized spacial score (nSPS) is 12.1. The second kappa shape index (κ2) is 12.8. The minimum atomic E-state index is -1.24. The van der Waals surface area contributed by atoms with E-state index in [1.54, 1.807) is 25.3 Å². The minimum absolute atomic E-state index is 0.0432. The van der Waals surface area contributed by atoms with Gasteiger partial charge in [0.1, 0.15) is 24.6 Å². The van der Waals surface area contributed by atoms with Crippen molar-refractivity contribution in [3.63, 3.8) is 0 Å². The van der Waals surface area contributed by atoms with Crippen molar-refractivity contribution < 1.29 is 33.7 Å². The van der Waals surface area contributed by atoms with Crippen LogP contribution in [0.2, 0.25) is 0 Å². The molecule has 0 spiro atoms. The fourth-order valence-corrected chi connectivity index (χ4v) is 4.01. The standard InChI is InChI=1S/C30H31FO6/c1-19(2)26-17-27(36-3)30(37-18-20-7-5-4-6-8-20)29(21-9-11-22(31)12-10-21)25(26)14-13-23(32)15-24(33)16-28(34)35/h4-14,17,19,23,32H,15-16,18H2,1-3H3,(H,34,35). The number of carbonyl (C=O) groups is 2. The summed E-state index contributed by atoms with van der Waals surface area (Å²) < 4.78 is 25.8. The third-order valence-electron chi connectivity index (χ3n) is 5.79. The van der Waals surface area contributed by atoms with E-state index in [0.717, 1.165) is 16.7 Å². The molecule has 0 saturated carbocycles. The van der Waals surface area contributed by atoms with E-state index >= 15 is 0 Å². The molecule has 0 amide bonds. The van der Waals surface area contributed by atoms with Crippen molar-refractivity contribution in [1.29, 1.82) is 0 Å². The van der Waals surface area contributed by atoms with E-state index in [2.05, 4.69) is 0 Å². The Balaban J connectivity index is 2.14. The van der Waals surface area contributed by atoms with Gasteiger partial charge in [0.25, 0.3) is 0 Å². The lowest BCUT2D eigenvalue weighted by atomic mass is 9.88. The molecule has 7 heteroatoms. The van der Waals surface area contributed by atoms with Crippen LogP contribution >= 0.6 is 0 Å². The zero-order chi connectivity index (χ0) is 26.9. The Morgan fingerprint density at radius 3 is 2.32 bits per heavy atom. The molecule has 3 rings (SSSR count). The van der Waals surface area contributed by atoms with E-state index in [4.69, 9.17) is 14.6 Å². The molecule has 0 fully saturated rings. The van der Waals surface area contributed by atoms with E-state index in [9.17, 15) is 19.1 Å². The number of benzene rings is 3. The van der Waals surface area contributed by atoms with Gasteiger partial charge in [-0.3, -0.25) is 9.59 Å². The molecular weight excluding hydrogens is 475 g/mol. The van der Waals surface area contributed by atoms with Crippen molar-refractivity contribution in [2.75, 3.05) is 7.11 Å². The van der Waals surface area contributed by atoms with E-state index < -0.39 is 24.3 Å². The van der Waals surface area contributed by atoms with Gasteiger partial charge in [-0.1, -0.05) is 68.5 Å². The largest absolute Gasteiger partial charge is 0.493 e. The Kier molecular flexibility index (Phi) is 9.57. The number of hydrogen-bond donors (Lipinski definition) is 2. The van der Waals surface area contributed by atoms with Gasteiger partial charge in [0, 0.05) is 12.0 Å². The van der Waals surface area contributed by atoms with Gasteiger partial charge in [0.05, 0.1) is 13.2 Å². The van der Waals surface area contributed by atoms with Gasteiger partial charge in [-0.05, 0) is 46.4 Å². The minimum Gasteiger partial charge on any atom is -0.493 e. The number of carboxylic acid groups (broad SMARTS) is 1. The predicted octanol–water partition coefficient (Wildman–Crippen LogP) is 6.01. The highest BCUT2D eigenvalue weighted by molar-refractivity contribution is 5.95. The van der Waals surface area contributed by atoms with Crippen molar-refractivity contribution in [3.05, 3.63) is 89.2 Å². The monoisotopic (exact) mass is 506 g/mol. The maximum atomic E-state index is 13.8. The summed E-state index contributed by atoms with van der Waals surface area (Å²) in [5.74, 6) is -1.19. The highest BCUT2D eigenvalue weighted by atomic mass is 19.1. The zero-order valence-corrected chi connectivity index (χ0v) is 21.1. The summed E-state index contributed by atoms with van der Waals surface area (Å²) >= 11 is 0. The number of aliphatic hydroxyl groups is 1. The van der Waals surface area contributed by atoms with E-state index in [-0.39, 0.29) is 24.8 Å². The summed E-state index contributed by atoms with van der Waals surface area (Å²) in [6, 6.07) is 17.5. The Morgan fingerprint density at radius 1 is 1.05 bits per heavy atom. The molecule has 37 heavy (non-hydrogen) atoms. The summed E-state index contributed by atoms with van der Waals surface area (Å²) in [6.45, 7) is 4.29. The predicted molar refractivity (Wildman–Crippen MR) is 140 cm³/mol. The lowest BCUT2D eigenvalue weighted by molar-refractivity contribution is -0.140. The van der Waals surface area contributed by atoms with Gasteiger partial charge in [0.2, 0.25) is 0 Å². The first-order chi connectivity index (χ1) is 17.7. The molecule has 1 atom stereocenters. The molecule has 0 aromatic heterocycles. The summed E-state index contributed by atoms with van der Waals surface area (Å²) in [5.41, 5.74) is 3.89. The van der Waals surface area contributed by atoms with Gasteiger partial charge in [0.15, 0.2) is 11.5 Å². The van der Waals surface area contributed by atoms with Crippen LogP contribution in [-0.4, -0.2) is 35.2 Å². The van der Waals surface area contributed by atoms with Gasteiger partial charge in [-0.2, -0.15) is 0 Å². The molecule has 0 bridgehead atoms. The first kappa shape index (κ1) is 27.6. The second-order valence-corrected chi connectivity index (χ2v) is 8.96. The number of methoxy groups -OCH3 is 1. The topological polar surface area (TPSA) is 93.1 Å². The molecule has 0 saturated heterocycles. The maximum absolute atomic E-state index is 13.8. The van der Waals surface area contributed by atoms with Crippen LogP contribution in [0.25, 0.3) is 17.2 Å². The SMILES string of the molecule is COc1cc(C(C)C)c(C=CC(O)CC(=O)CC(=O)O)c(-c2ccc(F)cc2)c1OCc1ccccc1. The van der Waals surface area contributed by atoms with Gasteiger partial charge in [-0.15, -0.1) is 0 Å². The van der Waals surface area contributed by atoms with Gasteiger partial charge in [-0.25, -0.2) is 4.39 Å². The Hall–Kier alpha value is -3.97. The maximum Gasteiger partial charge on any atom is 0.310 e. The van der Waals surface area contributed by atoms with Crippen molar-refractivity contribution in [2.24, 2.45) is 0 Å². The van der Waals surface area contributed by atoms with Crippen LogP contribution in [0, 0.1) is 5.82 Å². The number of hydrogen-bond acceptors (Lipinski definition) is 5. The Labute approximate surface area is 216 Å². The van der Waals surface area contributed by atoms with E-state index in [0.29, 0.717) is 22.6 Å². The molecule has 0 aliphatic heterocycles. The summed E-state index contributed by atoms with van der Waals surface area (Å²) in [6.07, 6.45) is 1.01. The van der Waals surface area contributed by atoms with Crippen LogP contribution in [0.15, 0.2) is 66.7 Å². The smallest absolute Gasteiger partial charge is 0.310 e. The lowest BCUT2D eigenvalue weighted by Gasteiger charge is -2.23. The van der Waals surface area contributed by atoms with Crippen LogP contribution in [0.3, 0.4) is 0 Å². The summed E-state index contributed by atoms with van der Waals surface area (Å²) in [5, 5.41) is 19.3. The number of carbonyl (C=O) groups excluding carboxylic acids is 1. The number of carboxylic acids is 1. The summed E-state index contributed by atoms with van der Waals surface area (Å²) in [4.78, 5) is 22.7. The van der Waals surface area contributed by atoms with Gasteiger partial charge < -0.3 is 19.7 Å².